The molecule has 20 heavy (non-hydrogen) atoms. The van der Waals surface area contributed by atoms with E-state index in [0.29, 0.717) is 24.7 Å². The largest absolute Gasteiger partial charge is 0.465 e. The van der Waals surface area contributed by atoms with Gasteiger partial charge in [0.25, 0.3) is 0 Å². The number of amides is 2. The van der Waals surface area contributed by atoms with E-state index in [1.807, 2.05) is 6.07 Å². The highest BCUT2D eigenvalue weighted by Gasteiger charge is 2.34. The second-order valence-electron chi connectivity index (χ2n) is 4.99. The van der Waals surface area contributed by atoms with E-state index in [-0.39, 0.29) is 18.4 Å². The number of hydrogen-bond donors (Lipinski definition) is 2. The molecular formula is C13H14ClN3O3. The van der Waals surface area contributed by atoms with Crippen LogP contribution in [-0.4, -0.2) is 47.7 Å². The lowest BCUT2D eigenvalue weighted by Crippen LogP contribution is -2.54. The first-order valence-electron chi connectivity index (χ1n) is 6.38. The van der Waals surface area contributed by atoms with E-state index >= 15 is 0 Å². The minimum Gasteiger partial charge on any atom is -0.465 e. The Balaban J connectivity index is 1.97. The van der Waals surface area contributed by atoms with Gasteiger partial charge in [-0.2, -0.15) is 0 Å². The van der Waals surface area contributed by atoms with Crippen LogP contribution in [0.3, 0.4) is 0 Å². The lowest BCUT2D eigenvalue weighted by Gasteiger charge is -2.40. The Labute approximate surface area is 120 Å². The Morgan fingerprint density at radius 1 is 1.40 bits per heavy atom. The zero-order chi connectivity index (χ0) is 14.3. The predicted octanol–water partition coefficient (Wildman–Crippen LogP) is 1.85. The SMILES string of the molecule is O=C1CC2CN(C(=O)O)CCN2c2cc(Cl)ccc2N1. The highest BCUT2D eigenvalue weighted by molar-refractivity contribution is 6.31. The maximum atomic E-state index is 11.9. The molecule has 7 heteroatoms. The normalized spacial score (nSPS) is 21.6. The van der Waals surface area contributed by atoms with Gasteiger partial charge in [0.15, 0.2) is 0 Å². The first-order chi connectivity index (χ1) is 9.54. The molecule has 0 saturated carbocycles. The van der Waals surface area contributed by atoms with Crippen LogP contribution in [0.1, 0.15) is 6.42 Å². The fraction of sp³-hybridized carbons (Fsp3) is 0.385. The molecule has 2 aliphatic heterocycles. The summed E-state index contributed by atoms with van der Waals surface area (Å²) in [6.45, 7) is 1.31. The van der Waals surface area contributed by atoms with Gasteiger partial charge in [-0.3, -0.25) is 4.79 Å². The predicted molar refractivity (Wildman–Crippen MR) is 75.4 cm³/mol. The Kier molecular flexibility index (Phi) is 3.17. The third-order valence-corrected chi connectivity index (χ3v) is 3.95. The summed E-state index contributed by atoms with van der Waals surface area (Å²) in [6, 6.07) is 5.17. The van der Waals surface area contributed by atoms with Gasteiger partial charge in [-0.25, -0.2) is 4.79 Å². The molecule has 0 aromatic heterocycles. The number of carbonyl (C=O) groups excluding carboxylic acids is 1. The molecule has 0 spiro atoms. The second-order valence-corrected chi connectivity index (χ2v) is 5.43. The van der Waals surface area contributed by atoms with E-state index in [2.05, 4.69) is 10.2 Å². The monoisotopic (exact) mass is 295 g/mol. The summed E-state index contributed by atoms with van der Waals surface area (Å²) in [5, 5.41) is 12.5. The lowest BCUT2D eigenvalue weighted by molar-refractivity contribution is -0.116. The van der Waals surface area contributed by atoms with Crippen molar-refractivity contribution in [3.63, 3.8) is 0 Å². The van der Waals surface area contributed by atoms with E-state index < -0.39 is 6.09 Å². The summed E-state index contributed by atoms with van der Waals surface area (Å²) in [5.41, 5.74) is 1.59. The van der Waals surface area contributed by atoms with Crippen molar-refractivity contribution in [2.24, 2.45) is 0 Å². The van der Waals surface area contributed by atoms with Crippen molar-refractivity contribution in [1.82, 2.24) is 4.90 Å². The molecular weight excluding hydrogens is 282 g/mol. The minimum atomic E-state index is -0.944. The summed E-state index contributed by atoms with van der Waals surface area (Å²) in [6.07, 6.45) is -0.670. The summed E-state index contributed by atoms with van der Waals surface area (Å²) in [4.78, 5) is 26.4. The molecule has 1 unspecified atom stereocenters. The van der Waals surface area contributed by atoms with Crippen LogP contribution < -0.4 is 10.2 Å². The fourth-order valence-electron chi connectivity index (χ4n) is 2.78. The van der Waals surface area contributed by atoms with Gasteiger partial charge in [-0.1, -0.05) is 11.6 Å². The van der Waals surface area contributed by atoms with Crippen LogP contribution in [0.5, 0.6) is 0 Å². The van der Waals surface area contributed by atoms with Crippen LogP contribution >= 0.6 is 11.6 Å². The van der Waals surface area contributed by atoms with Gasteiger partial charge < -0.3 is 20.2 Å². The number of fused-ring (bicyclic) bond motifs is 3. The standard InChI is InChI=1S/C13H14ClN3O3/c14-8-1-2-10-11(5-8)17-4-3-16(13(19)20)7-9(17)6-12(18)15-10/h1-2,5,9H,3-4,6-7H2,(H,15,18)(H,19,20). The van der Waals surface area contributed by atoms with Gasteiger partial charge in [-0.15, -0.1) is 0 Å². The van der Waals surface area contributed by atoms with E-state index in [4.69, 9.17) is 16.7 Å². The number of hydrogen-bond acceptors (Lipinski definition) is 3. The van der Waals surface area contributed by atoms with Crippen molar-refractivity contribution >= 4 is 35.0 Å². The number of nitrogens with one attached hydrogen (secondary N) is 1. The number of nitrogens with zero attached hydrogens (tertiary/aromatic N) is 2. The first-order valence-corrected chi connectivity index (χ1v) is 6.76. The molecule has 0 radical (unpaired) electrons. The molecule has 0 aliphatic carbocycles. The van der Waals surface area contributed by atoms with Gasteiger partial charge in [0, 0.05) is 31.1 Å². The minimum absolute atomic E-state index is 0.103. The van der Waals surface area contributed by atoms with Crippen LogP contribution in [0.25, 0.3) is 0 Å². The molecule has 1 fully saturated rings. The zero-order valence-corrected chi connectivity index (χ0v) is 11.4. The number of piperazine rings is 1. The number of halogens is 1. The number of carboxylic acid groups (broad SMARTS) is 1. The molecule has 2 heterocycles. The average Bonchev–Trinajstić information content (AvgIpc) is 2.53. The van der Waals surface area contributed by atoms with Gasteiger partial charge in [-0.05, 0) is 18.2 Å². The van der Waals surface area contributed by atoms with Gasteiger partial charge in [0.1, 0.15) is 0 Å². The van der Waals surface area contributed by atoms with Crippen molar-refractivity contribution in [3.05, 3.63) is 23.2 Å². The number of anilines is 2. The Bertz CT molecular complexity index is 578. The molecule has 1 saturated heterocycles. The number of rotatable bonds is 0. The molecule has 1 aromatic carbocycles. The summed E-state index contributed by atoms with van der Waals surface area (Å²) < 4.78 is 0. The molecule has 1 atom stereocenters. The summed E-state index contributed by atoms with van der Waals surface area (Å²) >= 11 is 6.03. The number of carbonyl (C=O) groups is 2. The van der Waals surface area contributed by atoms with E-state index in [1.165, 1.54) is 4.90 Å². The molecule has 2 aliphatic rings. The molecule has 1 aromatic rings. The smallest absolute Gasteiger partial charge is 0.407 e. The van der Waals surface area contributed by atoms with E-state index in [9.17, 15) is 9.59 Å². The van der Waals surface area contributed by atoms with Crippen LogP contribution in [0.15, 0.2) is 18.2 Å². The fourth-order valence-corrected chi connectivity index (χ4v) is 2.95. The van der Waals surface area contributed by atoms with Crippen molar-refractivity contribution in [2.45, 2.75) is 12.5 Å². The van der Waals surface area contributed by atoms with Crippen molar-refractivity contribution < 1.29 is 14.7 Å². The van der Waals surface area contributed by atoms with E-state index in [0.717, 1.165) is 11.4 Å². The van der Waals surface area contributed by atoms with Crippen LogP contribution in [0.2, 0.25) is 5.02 Å². The highest BCUT2D eigenvalue weighted by atomic mass is 35.5. The van der Waals surface area contributed by atoms with Crippen molar-refractivity contribution in [2.75, 3.05) is 29.9 Å². The second kappa shape index (κ2) is 4.86. The zero-order valence-electron chi connectivity index (χ0n) is 10.7. The summed E-state index contributed by atoms with van der Waals surface area (Å²) in [7, 11) is 0. The van der Waals surface area contributed by atoms with Gasteiger partial charge in [0.05, 0.1) is 17.4 Å². The van der Waals surface area contributed by atoms with Crippen molar-refractivity contribution in [3.8, 4) is 0 Å². The highest BCUT2D eigenvalue weighted by Crippen LogP contribution is 2.35. The average molecular weight is 296 g/mol. The maximum Gasteiger partial charge on any atom is 0.407 e. The third kappa shape index (κ3) is 2.27. The molecule has 0 bridgehead atoms. The summed E-state index contributed by atoms with van der Waals surface area (Å²) in [5.74, 6) is -0.103. The Morgan fingerprint density at radius 2 is 2.20 bits per heavy atom. The topological polar surface area (TPSA) is 72.9 Å². The molecule has 2 N–H and O–H groups in total. The molecule has 6 nitrogen and oxygen atoms in total. The van der Waals surface area contributed by atoms with Crippen LogP contribution in [0, 0.1) is 0 Å². The first kappa shape index (κ1) is 13.1. The van der Waals surface area contributed by atoms with Crippen LogP contribution in [-0.2, 0) is 4.79 Å². The Morgan fingerprint density at radius 3 is 2.95 bits per heavy atom. The molecule has 2 amide bonds. The molecule has 3 rings (SSSR count). The van der Waals surface area contributed by atoms with Crippen LogP contribution in [0.4, 0.5) is 16.2 Å². The van der Waals surface area contributed by atoms with E-state index in [1.54, 1.807) is 12.1 Å². The van der Waals surface area contributed by atoms with Gasteiger partial charge >= 0.3 is 6.09 Å². The molecule has 106 valence electrons. The third-order valence-electron chi connectivity index (χ3n) is 3.72. The maximum absolute atomic E-state index is 11.9. The number of benzene rings is 1. The lowest BCUT2D eigenvalue weighted by atomic mass is 10.1. The quantitative estimate of drug-likeness (QED) is 0.766. The van der Waals surface area contributed by atoms with Gasteiger partial charge in [0.2, 0.25) is 5.91 Å². The van der Waals surface area contributed by atoms with Crippen molar-refractivity contribution in [1.29, 1.82) is 0 Å². The Hall–Kier alpha value is -1.95.